The van der Waals surface area contributed by atoms with E-state index in [1.807, 2.05) is 20.0 Å². The van der Waals surface area contributed by atoms with Gasteiger partial charge in [0.15, 0.2) is 0 Å². The van der Waals surface area contributed by atoms with Gasteiger partial charge in [0, 0.05) is 37.0 Å². The van der Waals surface area contributed by atoms with Crippen LogP contribution in [0.3, 0.4) is 0 Å². The predicted octanol–water partition coefficient (Wildman–Crippen LogP) is 1.03. The summed E-state index contributed by atoms with van der Waals surface area (Å²) >= 11 is 1.73. The standard InChI is InChI=1S/C12H21N3OS/c1-3-14-12(16)7-10(8-13)15(2)9-11-5-4-6-17-11/h4-6,10H,3,7-9,13H2,1-2H3,(H,14,16). The molecule has 0 saturated carbocycles. The maximum atomic E-state index is 11.5. The SMILES string of the molecule is CCNC(=O)CC(CN)N(C)Cc1cccs1. The first-order valence-electron chi connectivity index (χ1n) is 5.86. The summed E-state index contributed by atoms with van der Waals surface area (Å²) in [6.07, 6.45) is 0.464. The summed E-state index contributed by atoms with van der Waals surface area (Å²) in [7, 11) is 2.01. The van der Waals surface area contributed by atoms with Crippen LogP contribution in [0, 0.1) is 0 Å². The van der Waals surface area contributed by atoms with Crippen molar-refractivity contribution < 1.29 is 4.79 Å². The second-order valence-electron chi connectivity index (χ2n) is 4.04. The maximum Gasteiger partial charge on any atom is 0.221 e. The average molecular weight is 255 g/mol. The van der Waals surface area contributed by atoms with Crippen molar-refractivity contribution in [3.8, 4) is 0 Å². The third kappa shape index (κ3) is 4.85. The van der Waals surface area contributed by atoms with Crippen LogP contribution >= 0.6 is 11.3 Å². The van der Waals surface area contributed by atoms with Crippen molar-refractivity contribution in [2.45, 2.75) is 25.9 Å². The van der Waals surface area contributed by atoms with Crippen molar-refractivity contribution in [2.75, 3.05) is 20.1 Å². The molecule has 0 radical (unpaired) electrons. The van der Waals surface area contributed by atoms with E-state index in [-0.39, 0.29) is 11.9 Å². The van der Waals surface area contributed by atoms with E-state index in [0.717, 1.165) is 6.54 Å². The fourth-order valence-corrected chi connectivity index (χ4v) is 2.45. The lowest BCUT2D eigenvalue weighted by Gasteiger charge is -2.25. The molecule has 0 fully saturated rings. The number of hydrogen-bond donors (Lipinski definition) is 2. The molecule has 0 aliphatic rings. The first-order valence-corrected chi connectivity index (χ1v) is 6.74. The Labute approximate surface area is 107 Å². The summed E-state index contributed by atoms with van der Waals surface area (Å²) in [5.74, 6) is 0.0704. The number of rotatable bonds is 7. The highest BCUT2D eigenvalue weighted by molar-refractivity contribution is 7.09. The first-order chi connectivity index (χ1) is 8.17. The van der Waals surface area contributed by atoms with Crippen LogP contribution in [0.2, 0.25) is 0 Å². The smallest absolute Gasteiger partial charge is 0.221 e. The molecule has 0 spiro atoms. The predicted molar refractivity (Wildman–Crippen MR) is 71.9 cm³/mol. The summed E-state index contributed by atoms with van der Waals surface area (Å²) in [6.45, 7) is 3.94. The van der Waals surface area contributed by atoms with E-state index in [9.17, 15) is 4.79 Å². The van der Waals surface area contributed by atoms with Crippen LogP contribution in [-0.2, 0) is 11.3 Å². The molecule has 17 heavy (non-hydrogen) atoms. The Hall–Kier alpha value is -0.910. The van der Waals surface area contributed by atoms with E-state index < -0.39 is 0 Å². The topological polar surface area (TPSA) is 58.4 Å². The lowest BCUT2D eigenvalue weighted by atomic mass is 10.1. The molecule has 5 heteroatoms. The van der Waals surface area contributed by atoms with E-state index in [0.29, 0.717) is 19.5 Å². The molecule has 4 nitrogen and oxygen atoms in total. The number of nitrogens with zero attached hydrogens (tertiary/aromatic N) is 1. The quantitative estimate of drug-likeness (QED) is 0.765. The van der Waals surface area contributed by atoms with Crippen molar-refractivity contribution in [3.05, 3.63) is 22.4 Å². The second-order valence-corrected chi connectivity index (χ2v) is 5.07. The van der Waals surface area contributed by atoms with Crippen LogP contribution in [0.25, 0.3) is 0 Å². The van der Waals surface area contributed by atoms with E-state index in [4.69, 9.17) is 5.73 Å². The summed E-state index contributed by atoms with van der Waals surface area (Å²) in [4.78, 5) is 15.0. The van der Waals surface area contributed by atoms with Gasteiger partial charge in [0.1, 0.15) is 0 Å². The molecule has 1 aromatic heterocycles. The zero-order chi connectivity index (χ0) is 12.7. The first kappa shape index (κ1) is 14.2. The lowest BCUT2D eigenvalue weighted by molar-refractivity contribution is -0.122. The molecule has 1 aromatic rings. The molecule has 0 bridgehead atoms. The molecule has 1 rings (SSSR count). The van der Waals surface area contributed by atoms with Gasteiger partial charge < -0.3 is 11.1 Å². The van der Waals surface area contributed by atoms with Crippen LogP contribution in [0.1, 0.15) is 18.2 Å². The molecule has 0 aliphatic heterocycles. The van der Waals surface area contributed by atoms with Gasteiger partial charge in [-0.2, -0.15) is 0 Å². The van der Waals surface area contributed by atoms with Gasteiger partial charge in [0.05, 0.1) is 0 Å². The minimum atomic E-state index is 0.0704. The van der Waals surface area contributed by atoms with E-state index in [1.165, 1.54) is 4.88 Å². The number of nitrogens with two attached hydrogens (primary N) is 1. The van der Waals surface area contributed by atoms with Gasteiger partial charge >= 0.3 is 0 Å². The largest absolute Gasteiger partial charge is 0.356 e. The lowest BCUT2D eigenvalue weighted by Crippen LogP contribution is -2.41. The molecule has 1 unspecified atom stereocenters. The number of likely N-dealkylation sites (N-methyl/N-ethyl adjacent to an activating group) is 1. The van der Waals surface area contributed by atoms with Crippen LogP contribution in [0.15, 0.2) is 17.5 Å². The third-order valence-corrected chi connectivity index (χ3v) is 3.54. The zero-order valence-electron chi connectivity index (χ0n) is 10.5. The second kappa shape index (κ2) is 7.42. The highest BCUT2D eigenvalue weighted by Gasteiger charge is 2.17. The summed E-state index contributed by atoms with van der Waals surface area (Å²) in [5.41, 5.74) is 5.73. The van der Waals surface area contributed by atoms with Crippen molar-refractivity contribution in [1.82, 2.24) is 10.2 Å². The average Bonchev–Trinajstić information content (AvgIpc) is 2.78. The van der Waals surface area contributed by atoms with Crippen LogP contribution in [-0.4, -0.2) is 37.0 Å². The minimum absolute atomic E-state index is 0.0704. The third-order valence-electron chi connectivity index (χ3n) is 2.68. The highest BCUT2D eigenvalue weighted by atomic mass is 32.1. The Kier molecular flexibility index (Phi) is 6.18. The molecule has 0 aromatic carbocycles. The Morgan fingerprint density at radius 3 is 2.94 bits per heavy atom. The fourth-order valence-electron chi connectivity index (χ4n) is 1.68. The van der Waals surface area contributed by atoms with Gasteiger partial charge in [-0.25, -0.2) is 0 Å². The highest BCUT2D eigenvalue weighted by Crippen LogP contribution is 2.13. The molecule has 1 heterocycles. The molecular weight excluding hydrogens is 234 g/mol. The van der Waals surface area contributed by atoms with Crippen molar-refractivity contribution in [1.29, 1.82) is 0 Å². The minimum Gasteiger partial charge on any atom is -0.356 e. The molecule has 1 amide bonds. The number of carbonyl (C=O) groups is 1. The zero-order valence-corrected chi connectivity index (χ0v) is 11.3. The van der Waals surface area contributed by atoms with Gasteiger partial charge in [-0.3, -0.25) is 9.69 Å². The Morgan fingerprint density at radius 2 is 2.41 bits per heavy atom. The summed E-state index contributed by atoms with van der Waals surface area (Å²) in [6, 6.07) is 4.24. The summed E-state index contributed by atoms with van der Waals surface area (Å²) < 4.78 is 0. The van der Waals surface area contributed by atoms with Crippen LogP contribution < -0.4 is 11.1 Å². The molecule has 1 atom stereocenters. The molecule has 0 aliphatic carbocycles. The van der Waals surface area contributed by atoms with E-state index in [1.54, 1.807) is 11.3 Å². The number of amides is 1. The molecule has 0 saturated heterocycles. The molecule has 96 valence electrons. The van der Waals surface area contributed by atoms with Gasteiger partial charge in [-0.05, 0) is 25.4 Å². The molecule has 3 N–H and O–H groups in total. The Bertz CT molecular complexity index is 327. The van der Waals surface area contributed by atoms with E-state index in [2.05, 4.69) is 21.7 Å². The number of hydrogen-bond acceptors (Lipinski definition) is 4. The maximum absolute atomic E-state index is 11.5. The molecular formula is C12H21N3OS. The Morgan fingerprint density at radius 1 is 1.65 bits per heavy atom. The van der Waals surface area contributed by atoms with Gasteiger partial charge in [-0.15, -0.1) is 11.3 Å². The Balaban J connectivity index is 2.46. The normalized spacial score (nSPS) is 12.7. The van der Waals surface area contributed by atoms with Gasteiger partial charge in [0.2, 0.25) is 5.91 Å². The fraction of sp³-hybridized carbons (Fsp3) is 0.583. The van der Waals surface area contributed by atoms with Crippen molar-refractivity contribution in [2.24, 2.45) is 5.73 Å². The van der Waals surface area contributed by atoms with Gasteiger partial charge in [0.25, 0.3) is 0 Å². The number of thiophene rings is 1. The summed E-state index contributed by atoms with van der Waals surface area (Å²) in [5, 5.41) is 4.87. The van der Waals surface area contributed by atoms with Crippen LogP contribution in [0.4, 0.5) is 0 Å². The van der Waals surface area contributed by atoms with Crippen molar-refractivity contribution in [3.63, 3.8) is 0 Å². The monoisotopic (exact) mass is 255 g/mol. The number of nitrogens with one attached hydrogen (secondary N) is 1. The van der Waals surface area contributed by atoms with Crippen LogP contribution in [0.5, 0.6) is 0 Å². The van der Waals surface area contributed by atoms with E-state index >= 15 is 0 Å². The van der Waals surface area contributed by atoms with Gasteiger partial charge in [-0.1, -0.05) is 6.07 Å². The van der Waals surface area contributed by atoms with Crippen molar-refractivity contribution >= 4 is 17.2 Å². The number of carbonyl (C=O) groups excluding carboxylic acids is 1.